The maximum Gasteiger partial charge on any atom is 1.00 e. The minimum Gasteiger partial charge on any atom is -0.668 e. The van der Waals surface area contributed by atoms with Crippen LogP contribution in [0.2, 0.25) is 118 Å². The molecule has 1 radical (unpaired) electrons. The molecule has 2 N–H and O–H groups in total. The first kappa shape index (κ1) is 65.3. The van der Waals surface area contributed by atoms with E-state index in [1.807, 2.05) is 0 Å². The Hall–Kier alpha value is 3.73. The van der Waals surface area contributed by atoms with E-state index in [0.717, 1.165) is 78.9 Å². The molecule has 3 saturated heterocycles. The molecule has 0 unspecified atom stereocenters. The van der Waals surface area contributed by atoms with Crippen LogP contribution in [0.4, 0.5) is 0 Å². The molecule has 3 fully saturated rings. The van der Waals surface area contributed by atoms with Gasteiger partial charge < -0.3 is 52.2 Å². The summed E-state index contributed by atoms with van der Waals surface area (Å²) in [6, 6.07) is 0. The predicted molar refractivity (Wildman–Crippen MR) is 246 cm³/mol. The van der Waals surface area contributed by atoms with Gasteiger partial charge in [0.05, 0.1) is 79.3 Å². The largest absolute Gasteiger partial charge is 1.00 e. The summed E-state index contributed by atoms with van der Waals surface area (Å²) in [6.45, 7) is 55.4. The van der Waals surface area contributed by atoms with Gasteiger partial charge >= 0.3 is 51.4 Å². The minimum atomic E-state index is -1.11. The van der Waals surface area contributed by atoms with Crippen molar-refractivity contribution in [2.24, 2.45) is 0 Å². The van der Waals surface area contributed by atoms with E-state index in [9.17, 15) is 0 Å². The molecule has 0 aromatic heterocycles. The molecular formula is C36H92KLuN5O6Si6. The zero-order valence-corrected chi connectivity index (χ0v) is 50.6. The summed E-state index contributed by atoms with van der Waals surface area (Å²) >= 11 is 0. The molecule has 337 valence electrons. The Bertz CT molecular complexity index is 700. The number of fused-ring (bicyclic) bond motifs is 21. The average molecular weight is 1070 g/mol. The molecule has 3 rings (SSSR count). The summed E-state index contributed by atoms with van der Waals surface area (Å²) in [6.07, 6.45) is 0. The monoisotopic (exact) mass is 1070 g/mol. The van der Waals surface area contributed by atoms with Crippen LogP contribution in [0.1, 0.15) is 0 Å². The summed E-state index contributed by atoms with van der Waals surface area (Å²) < 4.78 is 48.8. The topological polar surface area (TPSA) is 107 Å². The number of nitrogens with zero attached hydrogens (tertiary/aromatic N) is 3. The molecule has 3 aliphatic heterocycles. The van der Waals surface area contributed by atoms with Crippen molar-refractivity contribution in [2.75, 3.05) is 119 Å². The van der Waals surface area contributed by atoms with E-state index in [-0.39, 0.29) is 88.3 Å². The third kappa shape index (κ3) is 59.9. The number of nitrogens with one attached hydrogen (secondary N) is 2. The molecule has 0 spiro atoms. The third-order valence-corrected chi connectivity index (χ3v) is 22.8. The predicted octanol–water partition coefficient (Wildman–Crippen LogP) is 2.98. The Balaban J connectivity index is -0.000000370. The maximum absolute atomic E-state index is 5.73. The van der Waals surface area contributed by atoms with Gasteiger partial charge in [0.2, 0.25) is 0 Å². The molecule has 0 saturated carbocycles. The van der Waals surface area contributed by atoms with Crippen molar-refractivity contribution >= 4 is 49.4 Å². The van der Waals surface area contributed by atoms with E-state index in [1.165, 1.54) is 9.80 Å². The Kier molecular flexibility index (Phi) is 41.7. The molecule has 0 aromatic rings. The van der Waals surface area contributed by atoms with Crippen LogP contribution < -0.4 is 61.2 Å². The normalized spacial score (nSPS) is 21.3. The van der Waals surface area contributed by atoms with E-state index in [4.69, 9.17) is 42.4 Å². The number of hydrogen-bond donors (Lipinski definition) is 2. The molecule has 3 heterocycles. The van der Waals surface area contributed by atoms with Gasteiger partial charge in [0, 0.05) is 36.9 Å². The third-order valence-electron chi connectivity index (χ3n) is 6.73. The summed E-state index contributed by atoms with van der Waals surface area (Å²) in [5.41, 5.74) is 0. The van der Waals surface area contributed by atoms with Gasteiger partial charge in [-0.05, 0) is 0 Å². The Morgan fingerprint density at radius 3 is 0.491 bits per heavy atom. The summed E-state index contributed by atoms with van der Waals surface area (Å²) in [4.78, 5) is 2.88. The van der Waals surface area contributed by atoms with Crippen molar-refractivity contribution in [2.45, 2.75) is 118 Å². The van der Waals surface area contributed by atoms with Crippen molar-refractivity contribution < 1.29 is 126 Å². The molecule has 2 bridgehead atoms. The molecule has 19 heteroatoms. The fraction of sp³-hybridized carbons (Fsp3) is 1.00. The number of quaternary nitrogens is 2. The van der Waals surface area contributed by atoms with Crippen molar-refractivity contribution in [1.29, 1.82) is 0 Å². The second-order valence-electron chi connectivity index (χ2n) is 20.0. The van der Waals surface area contributed by atoms with E-state index in [2.05, 4.69) is 118 Å². The van der Waals surface area contributed by atoms with Gasteiger partial charge in [-0.3, -0.25) is 0 Å². The van der Waals surface area contributed by atoms with Crippen molar-refractivity contribution in [1.82, 2.24) is 0 Å². The first-order valence-corrected chi connectivity index (χ1v) is 41.1. The van der Waals surface area contributed by atoms with Gasteiger partial charge in [-0.25, -0.2) is 0 Å². The number of rotatable bonds is 6. The van der Waals surface area contributed by atoms with Crippen LogP contribution in [0.3, 0.4) is 0 Å². The summed E-state index contributed by atoms with van der Waals surface area (Å²) in [5, 5.41) is 0. The smallest absolute Gasteiger partial charge is 0.668 e. The first-order chi connectivity index (χ1) is 24.1. The van der Waals surface area contributed by atoms with Gasteiger partial charge in [0.1, 0.15) is 39.3 Å². The summed E-state index contributed by atoms with van der Waals surface area (Å²) in [7, 11) is -6.64. The van der Waals surface area contributed by atoms with Crippen LogP contribution >= 0.6 is 0 Å². The minimum absolute atomic E-state index is 0. The van der Waals surface area contributed by atoms with Gasteiger partial charge in [-0.1, -0.05) is 167 Å². The second-order valence-corrected chi connectivity index (χ2v) is 48.8. The molecule has 55 heavy (non-hydrogen) atoms. The number of ether oxygens (including phenoxy) is 6. The second kappa shape index (κ2) is 35.1. The summed E-state index contributed by atoms with van der Waals surface area (Å²) in [5.74, 6) is 0. The molecular weight excluding hydrogens is 981 g/mol. The standard InChI is InChI=1S/C18H36N2O6.3C6H18NSi2.K.Lu/c1-7-21-13-14-24-10-4-20-5-11-25-17-15-22-8-2-19(1)3-9-23-16-18-26-12-6-20;3*1-8(2,3)7-9(4,5)6;;/h1-18H2;3*1-6H3;;/q;3*-1;+1;/p+2. The molecule has 0 aromatic carbocycles. The Morgan fingerprint density at radius 1 is 0.273 bits per heavy atom. The van der Waals surface area contributed by atoms with Gasteiger partial charge in [-0.2, -0.15) is 0 Å². The fourth-order valence-electron chi connectivity index (χ4n) is 6.03. The Morgan fingerprint density at radius 2 is 0.400 bits per heavy atom. The number of hydrogen-bond acceptors (Lipinski definition) is 6. The molecule has 0 amide bonds. The van der Waals surface area contributed by atoms with Crippen molar-refractivity contribution in [3.05, 3.63) is 13.9 Å². The van der Waals surface area contributed by atoms with Crippen molar-refractivity contribution in [3.63, 3.8) is 0 Å². The van der Waals surface area contributed by atoms with Crippen LogP contribution in [0, 0.1) is 36.9 Å². The molecule has 0 aliphatic carbocycles. The fourth-order valence-corrected chi connectivity index (χ4v) is 30.2. The van der Waals surface area contributed by atoms with Crippen LogP contribution in [-0.4, -0.2) is 168 Å². The van der Waals surface area contributed by atoms with Crippen LogP contribution in [0.5, 0.6) is 0 Å². The molecule has 3 aliphatic rings. The van der Waals surface area contributed by atoms with Crippen LogP contribution in [0.15, 0.2) is 0 Å². The SMILES string of the molecule is C1COCC[NH+]2CCOCCOCC[NH+](CCO1)CCOCCOCC2.C[Si](C)(C)[N-][Si](C)(C)C.C[Si](C)(C)[N-][Si](C)(C)C.C[Si](C)(C)[N-][Si](C)(C)C.[K+].[Lu]. The van der Waals surface area contributed by atoms with Gasteiger partial charge in [0.25, 0.3) is 0 Å². The zero-order chi connectivity index (χ0) is 41.2. The zero-order valence-electron chi connectivity index (χ0n) is 39.8. The quantitative estimate of drug-likeness (QED) is 0.397. The molecule has 0 atom stereocenters. The van der Waals surface area contributed by atoms with E-state index in [0.29, 0.717) is 39.6 Å². The van der Waals surface area contributed by atoms with E-state index >= 15 is 0 Å². The van der Waals surface area contributed by atoms with Gasteiger partial charge in [-0.15, -0.1) is 0 Å². The Labute approximate surface area is 420 Å². The maximum atomic E-state index is 5.73. The average Bonchev–Trinajstić information content (AvgIpc) is 2.90. The first-order valence-electron chi connectivity index (χ1n) is 20.4. The molecule has 11 nitrogen and oxygen atoms in total. The van der Waals surface area contributed by atoms with Gasteiger partial charge in [0.15, 0.2) is 0 Å². The van der Waals surface area contributed by atoms with Crippen molar-refractivity contribution in [3.8, 4) is 0 Å². The van der Waals surface area contributed by atoms with E-state index < -0.39 is 49.4 Å². The van der Waals surface area contributed by atoms with E-state index in [1.54, 1.807) is 0 Å². The van der Waals surface area contributed by atoms with Crippen LogP contribution in [-0.2, 0) is 28.4 Å². The van der Waals surface area contributed by atoms with Crippen LogP contribution in [0.25, 0.3) is 13.9 Å².